The molecule has 1 amide bonds. The molecule has 4 rings (SSSR count). The highest BCUT2D eigenvalue weighted by atomic mass is 16.5. The fraction of sp³-hybridized carbons (Fsp3) is 0.231. The summed E-state index contributed by atoms with van der Waals surface area (Å²) in [5.41, 5.74) is 2.65. The first-order valence-corrected chi connectivity index (χ1v) is 10.4. The molecule has 164 valence electrons. The summed E-state index contributed by atoms with van der Waals surface area (Å²) in [5, 5.41) is 11.4. The lowest BCUT2D eigenvalue weighted by atomic mass is 9.92. The van der Waals surface area contributed by atoms with Crippen molar-refractivity contribution in [3.05, 3.63) is 88.9 Å². The number of nitrogens with zero attached hydrogens (tertiary/aromatic N) is 1. The number of aliphatic hydroxyl groups is 1. The topological polar surface area (TPSA) is 80.0 Å². The normalized spacial score (nSPS) is 17.9. The molecule has 0 aliphatic carbocycles. The number of amides is 1. The van der Waals surface area contributed by atoms with E-state index in [2.05, 4.69) is 0 Å². The number of rotatable bonds is 5. The average Bonchev–Trinajstić information content (AvgIpc) is 3.40. The number of para-hydroxylation sites is 1. The van der Waals surface area contributed by atoms with Crippen LogP contribution in [0.5, 0.6) is 5.75 Å². The third-order valence-corrected chi connectivity index (χ3v) is 5.75. The molecule has 1 atom stereocenters. The zero-order valence-electron chi connectivity index (χ0n) is 18.5. The van der Waals surface area contributed by atoms with Crippen LogP contribution >= 0.6 is 0 Å². The Morgan fingerprint density at radius 1 is 1.09 bits per heavy atom. The molecule has 1 aliphatic rings. The van der Waals surface area contributed by atoms with Crippen LogP contribution in [0.15, 0.2) is 70.9 Å². The number of hydrogen-bond donors (Lipinski definition) is 1. The molecule has 1 fully saturated rings. The van der Waals surface area contributed by atoms with E-state index in [9.17, 15) is 14.7 Å². The minimum Gasteiger partial charge on any atom is -0.507 e. The highest BCUT2D eigenvalue weighted by Crippen LogP contribution is 2.43. The quantitative estimate of drug-likeness (QED) is 0.335. The summed E-state index contributed by atoms with van der Waals surface area (Å²) in [6, 6.07) is 15.1. The number of furan rings is 1. The van der Waals surface area contributed by atoms with Gasteiger partial charge in [0.05, 0.1) is 18.9 Å². The molecule has 1 aromatic heterocycles. The highest BCUT2D eigenvalue weighted by Gasteiger charge is 2.48. The second-order valence-corrected chi connectivity index (χ2v) is 8.08. The number of hydrogen-bond acceptors (Lipinski definition) is 5. The predicted molar refractivity (Wildman–Crippen MR) is 122 cm³/mol. The Bertz CT molecular complexity index is 1190. The molecule has 32 heavy (non-hydrogen) atoms. The van der Waals surface area contributed by atoms with E-state index in [0.717, 1.165) is 11.1 Å². The number of aliphatic hydroxyl groups excluding tert-OH is 1. The van der Waals surface area contributed by atoms with Gasteiger partial charge in [-0.15, -0.1) is 0 Å². The molecule has 0 bridgehead atoms. The number of aryl methyl sites for hydroxylation is 1. The average molecular weight is 431 g/mol. The molecule has 6 heteroatoms. The Morgan fingerprint density at radius 2 is 1.81 bits per heavy atom. The van der Waals surface area contributed by atoms with Crippen LogP contribution in [0.3, 0.4) is 0 Å². The van der Waals surface area contributed by atoms with Crippen molar-refractivity contribution in [2.24, 2.45) is 0 Å². The minimum atomic E-state index is -0.878. The maximum absolute atomic E-state index is 13.2. The van der Waals surface area contributed by atoms with Gasteiger partial charge in [-0.3, -0.25) is 14.5 Å². The van der Waals surface area contributed by atoms with E-state index >= 15 is 0 Å². The molecule has 3 aromatic rings. The van der Waals surface area contributed by atoms with Crippen LogP contribution in [0.2, 0.25) is 0 Å². The standard InChI is InChI=1S/C26H25NO5/c1-15(2)18-14-19(16(3)13-21(18)31-4)24(28)22-23(20-11-8-12-32-20)27(26(30)25(22)29)17-9-6-5-7-10-17/h5-15,23,28H,1-4H3/b24-22+. The van der Waals surface area contributed by atoms with Gasteiger partial charge in [-0.05, 0) is 60.4 Å². The van der Waals surface area contributed by atoms with Crippen LogP contribution in [0.1, 0.15) is 48.3 Å². The fourth-order valence-corrected chi connectivity index (χ4v) is 4.13. The van der Waals surface area contributed by atoms with Crippen LogP contribution in [0, 0.1) is 6.92 Å². The van der Waals surface area contributed by atoms with Gasteiger partial charge in [-0.2, -0.15) is 0 Å². The Balaban J connectivity index is 1.96. The summed E-state index contributed by atoms with van der Waals surface area (Å²) in [6.45, 7) is 5.87. The molecule has 2 heterocycles. The molecule has 2 aromatic carbocycles. The maximum atomic E-state index is 13.2. The largest absolute Gasteiger partial charge is 0.507 e. The number of ether oxygens (including phenoxy) is 1. The van der Waals surface area contributed by atoms with Crippen LogP contribution in [0.25, 0.3) is 5.76 Å². The molecular formula is C26H25NO5. The van der Waals surface area contributed by atoms with E-state index in [1.807, 2.05) is 39.0 Å². The van der Waals surface area contributed by atoms with Crippen molar-refractivity contribution >= 4 is 23.1 Å². The number of benzene rings is 2. The lowest BCUT2D eigenvalue weighted by molar-refractivity contribution is -0.132. The number of methoxy groups -OCH3 is 1. The molecule has 1 saturated heterocycles. The van der Waals surface area contributed by atoms with E-state index in [0.29, 0.717) is 22.8 Å². The van der Waals surface area contributed by atoms with Gasteiger partial charge in [0.15, 0.2) is 0 Å². The Morgan fingerprint density at radius 3 is 2.41 bits per heavy atom. The summed E-state index contributed by atoms with van der Waals surface area (Å²) >= 11 is 0. The Kier molecular flexibility index (Phi) is 5.61. The Labute approximate surface area is 186 Å². The van der Waals surface area contributed by atoms with Gasteiger partial charge in [0.25, 0.3) is 11.7 Å². The third-order valence-electron chi connectivity index (χ3n) is 5.75. The van der Waals surface area contributed by atoms with Gasteiger partial charge in [0.1, 0.15) is 23.3 Å². The highest BCUT2D eigenvalue weighted by molar-refractivity contribution is 6.51. The summed E-state index contributed by atoms with van der Waals surface area (Å²) in [5.74, 6) is -0.468. The molecular weight excluding hydrogens is 406 g/mol. The zero-order valence-corrected chi connectivity index (χ0v) is 18.5. The molecule has 0 saturated carbocycles. The van der Waals surface area contributed by atoms with E-state index in [-0.39, 0.29) is 17.3 Å². The number of carbonyl (C=O) groups is 2. The number of anilines is 1. The Hall–Kier alpha value is -3.80. The van der Waals surface area contributed by atoms with Gasteiger partial charge in [0.2, 0.25) is 0 Å². The van der Waals surface area contributed by atoms with Crippen molar-refractivity contribution in [1.29, 1.82) is 0 Å². The van der Waals surface area contributed by atoms with Gasteiger partial charge in [-0.1, -0.05) is 32.0 Å². The molecule has 1 unspecified atom stereocenters. The lowest BCUT2D eigenvalue weighted by Gasteiger charge is -2.23. The van der Waals surface area contributed by atoms with Crippen molar-refractivity contribution in [3.8, 4) is 5.75 Å². The van der Waals surface area contributed by atoms with E-state index in [1.54, 1.807) is 43.5 Å². The van der Waals surface area contributed by atoms with Crippen LogP contribution in [-0.2, 0) is 9.59 Å². The molecule has 6 nitrogen and oxygen atoms in total. The fourth-order valence-electron chi connectivity index (χ4n) is 4.13. The lowest BCUT2D eigenvalue weighted by Crippen LogP contribution is -2.29. The van der Waals surface area contributed by atoms with Crippen LogP contribution < -0.4 is 9.64 Å². The molecule has 1 N–H and O–H groups in total. The maximum Gasteiger partial charge on any atom is 0.300 e. The predicted octanol–water partition coefficient (Wildman–Crippen LogP) is 5.35. The van der Waals surface area contributed by atoms with Crippen LogP contribution in [0.4, 0.5) is 5.69 Å². The summed E-state index contributed by atoms with van der Waals surface area (Å²) < 4.78 is 11.1. The second kappa shape index (κ2) is 8.38. The number of carbonyl (C=O) groups excluding carboxylic acids is 2. The molecule has 0 spiro atoms. The first-order valence-electron chi connectivity index (χ1n) is 10.4. The van der Waals surface area contributed by atoms with Crippen molar-refractivity contribution in [2.75, 3.05) is 12.0 Å². The first kappa shape index (κ1) is 21.4. The van der Waals surface area contributed by atoms with Crippen molar-refractivity contribution in [1.82, 2.24) is 0 Å². The number of ketones is 1. The van der Waals surface area contributed by atoms with Gasteiger partial charge in [-0.25, -0.2) is 0 Å². The van der Waals surface area contributed by atoms with E-state index in [4.69, 9.17) is 9.15 Å². The summed E-state index contributed by atoms with van der Waals surface area (Å²) in [6.07, 6.45) is 1.48. The monoisotopic (exact) mass is 431 g/mol. The first-order chi connectivity index (χ1) is 15.3. The second-order valence-electron chi connectivity index (χ2n) is 8.08. The van der Waals surface area contributed by atoms with Gasteiger partial charge < -0.3 is 14.3 Å². The summed E-state index contributed by atoms with van der Waals surface area (Å²) in [7, 11) is 1.60. The molecule has 0 radical (unpaired) electrons. The van der Waals surface area contributed by atoms with Gasteiger partial charge >= 0.3 is 0 Å². The van der Waals surface area contributed by atoms with E-state index < -0.39 is 17.7 Å². The van der Waals surface area contributed by atoms with Gasteiger partial charge in [0, 0.05) is 11.3 Å². The zero-order chi connectivity index (χ0) is 23.0. The van der Waals surface area contributed by atoms with E-state index in [1.165, 1.54) is 11.2 Å². The molecule has 1 aliphatic heterocycles. The third kappa shape index (κ3) is 3.47. The summed E-state index contributed by atoms with van der Waals surface area (Å²) in [4.78, 5) is 27.6. The van der Waals surface area contributed by atoms with Crippen molar-refractivity contribution in [2.45, 2.75) is 32.7 Å². The van der Waals surface area contributed by atoms with Crippen molar-refractivity contribution < 1.29 is 23.8 Å². The van der Waals surface area contributed by atoms with Crippen molar-refractivity contribution in [3.63, 3.8) is 0 Å². The van der Waals surface area contributed by atoms with Crippen LogP contribution in [-0.4, -0.2) is 23.9 Å². The number of Topliss-reactive ketones (excluding diaryl/α,β-unsaturated/α-hetero) is 1. The smallest absolute Gasteiger partial charge is 0.300 e. The minimum absolute atomic E-state index is 0.00299. The SMILES string of the molecule is COc1cc(C)c(/C(O)=C2\C(=O)C(=O)N(c3ccccc3)C2c2ccco2)cc1C(C)C.